The molecule has 0 saturated heterocycles. The quantitative estimate of drug-likeness (QED) is 0.475. The van der Waals surface area contributed by atoms with Crippen LogP contribution in [0.1, 0.15) is 22.6 Å². The van der Waals surface area contributed by atoms with E-state index in [1.807, 2.05) is 42.6 Å². The van der Waals surface area contributed by atoms with Crippen molar-refractivity contribution in [3.05, 3.63) is 102 Å². The van der Waals surface area contributed by atoms with Crippen LogP contribution in [0.4, 0.5) is 4.79 Å². The van der Waals surface area contributed by atoms with E-state index in [0.717, 1.165) is 27.8 Å². The van der Waals surface area contributed by atoms with Crippen LogP contribution in [-0.4, -0.2) is 36.7 Å². The molecule has 1 atom stereocenters. The molecular weight excluding hydrogens is 360 g/mol. The lowest BCUT2D eigenvalue weighted by molar-refractivity contribution is 0.220. The maximum atomic E-state index is 12.8. The highest BCUT2D eigenvalue weighted by molar-refractivity contribution is 5.94. The van der Waals surface area contributed by atoms with Gasteiger partial charge in [-0.05, 0) is 34.9 Å². The predicted octanol–water partition coefficient (Wildman–Crippen LogP) is 5.36. The first-order chi connectivity index (χ1) is 14.1. The topological polar surface area (TPSA) is 34.5 Å². The van der Waals surface area contributed by atoms with Crippen LogP contribution in [0.25, 0.3) is 10.9 Å². The zero-order valence-corrected chi connectivity index (χ0v) is 16.9. The minimum absolute atomic E-state index is 0.00298. The van der Waals surface area contributed by atoms with Crippen molar-refractivity contribution in [2.45, 2.75) is 5.92 Å². The second-order valence-corrected chi connectivity index (χ2v) is 7.27. The number of fused-ring (bicyclic) bond motifs is 1. The number of benzene rings is 3. The average molecular weight is 384 g/mol. The molecule has 1 amide bonds. The maximum Gasteiger partial charge on any atom is 0.328 e. The molecule has 1 heterocycles. The summed E-state index contributed by atoms with van der Waals surface area (Å²) in [4.78, 5) is 14.4. The standard InChI is InChI=1S/C25H24N2O2/c1-26(2)25(28)27-17-22(21-11-7-8-12-23(21)27)24(18-9-5-4-6-10-18)19-13-15-20(29-3)16-14-19/h4-17,24H,1-3H3. The minimum Gasteiger partial charge on any atom is -0.497 e. The number of carbonyl (C=O) groups is 1. The Kier molecular flexibility index (Phi) is 5.09. The van der Waals surface area contributed by atoms with Crippen LogP contribution in [0, 0.1) is 0 Å². The smallest absolute Gasteiger partial charge is 0.328 e. The lowest BCUT2D eigenvalue weighted by Crippen LogP contribution is -2.26. The Balaban J connectivity index is 1.96. The van der Waals surface area contributed by atoms with Crippen LogP contribution in [0.5, 0.6) is 5.75 Å². The molecule has 1 aromatic heterocycles. The van der Waals surface area contributed by atoms with Gasteiger partial charge in [-0.2, -0.15) is 0 Å². The number of ether oxygens (including phenoxy) is 1. The van der Waals surface area contributed by atoms with Gasteiger partial charge in [-0.3, -0.25) is 4.57 Å². The van der Waals surface area contributed by atoms with Crippen LogP contribution in [0.2, 0.25) is 0 Å². The van der Waals surface area contributed by atoms with Gasteiger partial charge in [-0.1, -0.05) is 60.7 Å². The normalized spacial score (nSPS) is 12.0. The van der Waals surface area contributed by atoms with Crippen LogP contribution in [0.15, 0.2) is 85.1 Å². The van der Waals surface area contributed by atoms with E-state index in [1.165, 1.54) is 5.56 Å². The molecule has 0 radical (unpaired) electrons. The van der Waals surface area contributed by atoms with Gasteiger partial charge in [0.15, 0.2) is 0 Å². The molecule has 0 fully saturated rings. The first-order valence-electron chi connectivity index (χ1n) is 9.60. The Morgan fingerprint density at radius 1 is 0.862 bits per heavy atom. The number of hydrogen-bond donors (Lipinski definition) is 0. The van der Waals surface area contributed by atoms with Crippen molar-refractivity contribution in [1.82, 2.24) is 9.47 Å². The molecule has 29 heavy (non-hydrogen) atoms. The van der Waals surface area contributed by atoms with Gasteiger partial charge in [0.2, 0.25) is 0 Å². The average Bonchev–Trinajstić information content (AvgIpc) is 3.14. The molecule has 0 aliphatic heterocycles. The van der Waals surface area contributed by atoms with Crippen molar-refractivity contribution in [3.63, 3.8) is 0 Å². The SMILES string of the molecule is COc1ccc(C(c2ccccc2)c2cn(C(=O)N(C)C)c3ccccc23)cc1. The Morgan fingerprint density at radius 2 is 1.48 bits per heavy atom. The summed E-state index contributed by atoms with van der Waals surface area (Å²) in [6, 6.07) is 26.6. The third-order valence-electron chi connectivity index (χ3n) is 5.22. The van der Waals surface area contributed by atoms with E-state index in [2.05, 4.69) is 42.5 Å². The number of aromatic nitrogens is 1. The molecule has 4 aromatic rings. The van der Waals surface area contributed by atoms with E-state index in [-0.39, 0.29) is 11.9 Å². The molecule has 4 nitrogen and oxygen atoms in total. The molecule has 0 spiro atoms. The van der Waals surface area contributed by atoms with Gasteiger partial charge in [-0.15, -0.1) is 0 Å². The third-order valence-corrected chi connectivity index (χ3v) is 5.22. The highest BCUT2D eigenvalue weighted by Gasteiger charge is 2.23. The van der Waals surface area contributed by atoms with Gasteiger partial charge < -0.3 is 9.64 Å². The monoisotopic (exact) mass is 384 g/mol. The molecule has 4 heteroatoms. The molecule has 0 N–H and O–H groups in total. The summed E-state index contributed by atoms with van der Waals surface area (Å²) < 4.78 is 7.08. The molecule has 3 aromatic carbocycles. The van der Waals surface area contributed by atoms with Gasteiger partial charge in [0.25, 0.3) is 0 Å². The lowest BCUT2D eigenvalue weighted by atomic mass is 9.85. The molecular formula is C25H24N2O2. The van der Waals surface area contributed by atoms with Gasteiger partial charge in [-0.25, -0.2) is 4.79 Å². The van der Waals surface area contributed by atoms with Crippen LogP contribution < -0.4 is 4.74 Å². The molecule has 4 rings (SSSR count). The largest absolute Gasteiger partial charge is 0.497 e. The summed E-state index contributed by atoms with van der Waals surface area (Å²) in [5.74, 6) is 0.828. The van der Waals surface area contributed by atoms with Crippen LogP contribution in [-0.2, 0) is 0 Å². The number of nitrogens with zero attached hydrogens (tertiary/aromatic N) is 2. The van der Waals surface area contributed by atoms with Gasteiger partial charge in [0, 0.05) is 31.6 Å². The van der Waals surface area contributed by atoms with E-state index in [1.54, 1.807) is 30.7 Å². The Bertz CT molecular complexity index is 1130. The Labute approximate surface area is 171 Å². The number of hydrogen-bond acceptors (Lipinski definition) is 2. The molecule has 0 saturated carbocycles. The molecule has 0 aliphatic rings. The maximum absolute atomic E-state index is 12.8. The van der Waals surface area contributed by atoms with Crippen molar-refractivity contribution in [2.24, 2.45) is 0 Å². The lowest BCUT2D eigenvalue weighted by Gasteiger charge is -2.18. The highest BCUT2D eigenvalue weighted by atomic mass is 16.5. The zero-order chi connectivity index (χ0) is 20.4. The summed E-state index contributed by atoms with van der Waals surface area (Å²) in [6.07, 6.45) is 1.98. The summed E-state index contributed by atoms with van der Waals surface area (Å²) >= 11 is 0. The molecule has 0 bridgehead atoms. The van der Waals surface area contributed by atoms with Gasteiger partial charge >= 0.3 is 6.03 Å². The Morgan fingerprint density at radius 3 is 2.14 bits per heavy atom. The van der Waals surface area contributed by atoms with Crippen molar-refractivity contribution in [3.8, 4) is 5.75 Å². The fraction of sp³-hybridized carbons (Fsp3) is 0.160. The predicted molar refractivity (Wildman–Crippen MR) is 117 cm³/mol. The van der Waals surface area contributed by atoms with Crippen LogP contribution in [0.3, 0.4) is 0 Å². The molecule has 146 valence electrons. The summed E-state index contributed by atoms with van der Waals surface area (Å²) in [5.41, 5.74) is 4.35. The molecule has 1 unspecified atom stereocenters. The second kappa shape index (κ2) is 7.84. The van der Waals surface area contributed by atoms with Crippen LogP contribution >= 0.6 is 0 Å². The van der Waals surface area contributed by atoms with Gasteiger partial charge in [0.1, 0.15) is 5.75 Å². The zero-order valence-electron chi connectivity index (χ0n) is 16.9. The molecule has 0 aliphatic carbocycles. The first kappa shape index (κ1) is 18.8. The number of carbonyl (C=O) groups excluding carboxylic acids is 1. The number of methoxy groups -OCH3 is 1. The van der Waals surface area contributed by atoms with Crippen molar-refractivity contribution < 1.29 is 9.53 Å². The number of amides is 1. The highest BCUT2D eigenvalue weighted by Crippen LogP contribution is 2.37. The van der Waals surface area contributed by atoms with E-state index < -0.39 is 0 Å². The number of rotatable bonds is 4. The van der Waals surface area contributed by atoms with Gasteiger partial charge in [0.05, 0.1) is 12.6 Å². The Hall–Kier alpha value is -3.53. The summed E-state index contributed by atoms with van der Waals surface area (Å²) in [5, 5.41) is 1.08. The second-order valence-electron chi connectivity index (χ2n) is 7.27. The van der Waals surface area contributed by atoms with Crippen molar-refractivity contribution in [2.75, 3.05) is 21.2 Å². The minimum atomic E-state index is -0.0611. The third kappa shape index (κ3) is 3.49. The van der Waals surface area contributed by atoms with Crippen molar-refractivity contribution >= 4 is 16.9 Å². The fourth-order valence-electron chi connectivity index (χ4n) is 3.80. The van der Waals surface area contributed by atoms with E-state index >= 15 is 0 Å². The number of para-hydroxylation sites is 1. The van der Waals surface area contributed by atoms with E-state index in [0.29, 0.717) is 0 Å². The van der Waals surface area contributed by atoms with Crippen molar-refractivity contribution in [1.29, 1.82) is 0 Å². The first-order valence-corrected chi connectivity index (χ1v) is 9.60. The summed E-state index contributed by atoms with van der Waals surface area (Å²) in [6.45, 7) is 0. The summed E-state index contributed by atoms with van der Waals surface area (Å²) in [7, 11) is 5.22. The van der Waals surface area contributed by atoms with E-state index in [9.17, 15) is 4.79 Å². The fourth-order valence-corrected chi connectivity index (χ4v) is 3.80. The van der Waals surface area contributed by atoms with E-state index in [4.69, 9.17) is 4.74 Å².